The third-order valence-electron chi connectivity index (χ3n) is 3.87. The van der Waals surface area contributed by atoms with Crippen LogP contribution in [0.25, 0.3) is 0 Å². The van der Waals surface area contributed by atoms with Crippen molar-refractivity contribution in [1.82, 2.24) is 10.2 Å². The van der Waals surface area contributed by atoms with Crippen LogP contribution < -0.4 is 5.32 Å². The van der Waals surface area contributed by atoms with Crippen molar-refractivity contribution in [3.05, 3.63) is 35.9 Å². The summed E-state index contributed by atoms with van der Waals surface area (Å²) in [5.41, 5.74) is 1.41. The summed E-state index contributed by atoms with van der Waals surface area (Å²) in [7, 11) is 1.89. The monoisotopic (exact) mass is 433 g/mol. The van der Waals surface area contributed by atoms with E-state index in [-0.39, 0.29) is 24.0 Å². The molecule has 1 N–H and O–H groups in total. The summed E-state index contributed by atoms with van der Waals surface area (Å²) in [6.07, 6.45) is 3.51. The molecule has 0 aliphatic carbocycles. The number of benzene rings is 1. The maximum absolute atomic E-state index is 4.45. The zero-order valence-corrected chi connectivity index (χ0v) is 16.8. The Bertz CT molecular complexity index is 439. The summed E-state index contributed by atoms with van der Waals surface area (Å²) in [6.45, 7) is 5.50. The molecule has 0 spiro atoms. The lowest BCUT2D eigenvalue weighted by Crippen LogP contribution is -2.48. The van der Waals surface area contributed by atoms with E-state index in [4.69, 9.17) is 0 Å². The van der Waals surface area contributed by atoms with Gasteiger partial charge in [0.25, 0.3) is 0 Å². The summed E-state index contributed by atoms with van der Waals surface area (Å²) in [4.78, 5) is 6.86. The molecule has 0 bridgehead atoms. The first-order valence-electron chi connectivity index (χ1n) is 7.94. The Morgan fingerprint density at radius 1 is 1.36 bits per heavy atom. The molecule has 124 valence electrons. The number of aliphatic imine (C=N–C) groups is 1. The van der Waals surface area contributed by atoms with Gasteiger partial charge in [-0.15, -0.1) is 24.0 Å². The van der Waals surface area contributed by atoms with E-state index in [2.05, 4.69) is 64.2 Å². The van der Waals surface area contributed by atoms with Crippen LogP contribution in [0.1, 0.15) is 25.3 Å². The SMILES string of the molecule is CCC1CN(C(=NC)NCCCc2ccccc2)CCS1.I. The Balaban J connectivity index is 0.00000242. The Morgan fingerprint density at radius 2 is 2.14 bits per heavy atom. The maximum atomic E-state index is 4.45. The van der Waals surface area contributed by atoms with Gasteiger partial charge in [-0.3, -0.25) is 4.99 Å². The zero-order chi connectivity index (χ0) is 14.9. The van der Waals surface area contributed by atoms with Gasteiger partial charge >= 0.3 is 0 Å². The van der Waals surface area contributed by atoms with Crippen LogP contribution >= 0.6 is 35.7 Å². The van der Waals surface area contributed by atoms with Gasteiger partial charge in [0, 0.05) is 37.7 Å². The Labute approximate surface area is 156 Å². The second-order valence-electron chi connectivity index (χ2n) is 5.41. The third-order valence-corrected chi connectivity index (χ3v) is 5.25. The van der Waals surface area contributed by atoms with E-state index in [1.54, 1.807) is 0 Å². The predicted octanol–water partition coefficient (Wildman–Crippen LogP) is 3.64. The number of nitrogens with one attached hydrogen (secondary N) is 1. The summed E-state index contributed by atoms with van der Waals surface area (Å²) < 4.78 is 0. The molecule has 1 aliphatic heterocycles. The normalized spacial score (nSPS) is 18.7. The van der Waals surface area contributed by atoms with E-state index in [9.17, 15) is 0 Å². The molecular weight excluding hydrogens is 405 g/mol. The molecule has 5 heteroatoms. The number of nitrogens with zero attached hydrogens (tertiary/aromatic N) is 2. The topological polar surface area (TPSA) is 27.6 Å². The van der Waals surface area contributed by atoms with Gasteiger partial charge in [-0.2, -0.15) is 11.8 Å². The fraction of sp³-hybridized carbons (Fsp3) is 0.588. The van der Waals surface area contributed by atoms with Crippen LogP contribution in [0.5, 0.6) is 0 Å². The second-order valence-corrected chi connectivity index (χ2v) is 6.82. The largest absolute Gasteiger partial charge is 0.356 e. The zero-order valence-electron chi connectivity index (χ0n) is 13.6. The van der Waals surface area contributed by atoms with E-state index in [1.807, 2.05) is 7.05 Å². The summed E-state index contributed by atoms with van der Waals surface area (Å²) >= 11 is 2.10. The number of rotatable bonds is 5. The third kappa shape index (κ3) is 6.36. The van der Waals surface area contributed by atoms with Crippen LogP contribution in [-0.4, -0.2) is 48.5 Å². The van der Waals surface area contributed by atoms with Gasteiger partial charge in [-0.1, -0.05) is 37.3 Å². The lowest BCUT2D eigenvalue weighted by atomic mass is 10.1. The number of guanidine groups is 1. The Kier molecular flexibility index (Phi) is 9.95. The van der Waals surface area contributed by atoms with Crippen LogP contribution in [0, 0.1) is 0 Å². The summed E-state index contributed by atoms with van der Waals surface area (Å²) in [5.74, 6) is 2.28. The van der Waals surface area contributed by atoms with Crippen LogP contribution in [0.2, 0.25) is 0 Å². The van der Waals surface area contributed by atoms with Crippen molar-refractivity contribution >= 4 is 41.7 Å². The van der Waals surface area contributed by atoms with Gasteiger partial charge in [0.2, 0.25) is 0 Å². The van der Waals surface area contributed by atoms with Gasteiger partial charge < -0.3 is 10.2 Å². The van der Waals surface area contributed by atoms with Crippen molar-refractivity contribution < 1.29 is 0 Å². The highest BCUT2D eigenvalue weighted by atomic mass is 127. The molecule has 1 unspecified atom stereocenters. The molecule has 22 heavy (non-hydrogen) atoms. The van der Waals surface area contributed by atoms with Crippen LogP contribution in [0.3, 0.4) is 0 Å². The first kappa shape index (κ1) is 19.6. The van der Waals surface area contributed by atoms with E-state index >= 15 is 0 Å². The van der Waals surface area contributed by atoms with Crippen LogP contribution in [0.4, 0.5) is 0 Å². The molecule has 1 atom stereocenters. The van der Waals surface area contributed by atoms with Gasteiger partial charge in [-0.05, 0) is 24.8 Å². The Morgan fingerprint density at radius 3 is 2.82 bits per heavy atom. The average Bonchev–Trinajstić information content (AvgIpc) is 2.56. The predicted molar refractivity (Wildman–Crippen MR) is 110 cm³/mol. The molecule has 3 nitrogen and oxygen atoms in total. The lowest BCUT2D eigenvalue weighted by Gasteiger charge is -2.34. The van der Waals surface area contributed by atoms with Gasteiger partial charge in [0.1, 0.15) is 0 Å². The molecule has 1 fully saturated rings. The molecule has 2 rings (SSSR count). The van der Waals surface area contributed by atoms with Gasteiger partial charge in [0.05, 0.1) is 0 Å². The van der Waals surface area contributed by atoms with Crippen molar-refractivity contribution in [1.29, 1.82) is 0 Å². The fourth-order valence-electron chi connectivity index (χ4n) is 2.63. The molecule has 0 amide bonds. The second kappa shape index (κ2) is 11.2. The van der Waals surface area contributed by atoms with E-state index in [0.29, 0.717) is 0 Å². The Hall–Kier alpha value is -0.430. The number of halogens is 1. The number of thioether (sulfide) groups is 1. The fourth-order valence-corrected chi connectivity index (χ4v) is 3.81. The minimum atomic E-state index is 0. The molecule has 1 heterocycles. The highest BCUT2D eigenvalue weighted by molar-refractivity contribution is 14.0. The van der Waals surface area contributed by atoms with Crippen LogP contribution in [0.15, 0.2) is 35.3 Å². The van der Waals surface area contributed by atoms with Crippen molar-refractivity contribution in [3.8, 4) is 0 Å². The first-order valence-corrected chi connectivity index (χ1v) is 8.99. The number of hydrogen-bond acceptors (Lipinski definition) is 2. The van der Waals surface area contributed by atoms with Crippen molar-refractivity contribution in [2.24, 2.45) is 4.99 Å². The summed E-state index contributed by atoms with van der Waals surface area (Å²) in [6, 6.07) is 10.7. The number of hydrogen-bond donors (Lipinski definition) is 1. The molecule has 1 aliphatic rings. The average molecular weight is 433 g/mol. The van der Waals surface area contributed by atoms with E-state index in [0.717, 1.165) is 43.7 Å². The smallest absolute Gasteiger partial charge is 0.193 e. The molecule has 1 aromatic carbocycles. The minimum Gasteiger partial charge on any atom is -0.356 e. The van der Waals surface area contributed by atoms with E-state index < -0.39 is 0 Å². The maximum Gasteiger partial charge on any atom is 0.193 e. The van der Waals surface area contributed by atoms with Gasteiger partial charge in [0.15, 0.2) is 5.96 Å². The van der Waals surface area contributed by atoms with Crippen molar-refractivity contribution in [2.75, 3.05) is 32.4 Å². The lowest BCUT2D eigenvalue weighted by molar-refractivity contribution is 0.408. The van der Waals surface area contributed by atoms with Crippen LogP contribution in [-0.2, 0) is 6.42 Å². The standard InChI is InChI=1S/C17H27N3S.HI/c1-3-16-14-20(12-13-21-16)17(18-2)19-11-7-10-15-8-5-4-6-9-15;/h4-6,8-9,16H,3,7,10-14H2,1-2H3,(H,18,19);1H. The highest BCUT2D eigenvalue weighted by Gasteiger charge is 2.21. The molecule has 0 saturated carbocycles. The molecule has 0 aromatic heterocycles. The van der Waals surface area contributed by atoms with Crippen molar-refractivity contribution in [2.45, 2.75) is 31.4 Å². The minimum absolute atomic E-state index is 0. The molecule has 1 saturated heterocycles. The first-order chi connectivity index (χ1) is 10.3. The van der Waals surface area contributed by atoms with Gasteiger partial charge in [-0.25, -0.2) is 0 Å². The molecule has 0 radical (unpaired) electrons. The highest BCUT2D eigenvalue weighted by Crippen LogP contribution is 2.20. The number of aryl methyl sites for hydroxylation is 1. The molecular formula is C17H28IN3S. The molecule has 1 aromatic rings. The van der Waals surface area contributed by atoms with E-state index in [1.165, 1.54) is 17.7 Å². The quantitative estimate of drug-likeness (QED) is 0.333. The van der Waals surface area contributed by atoms with Crippen molar-refractivity contribution in [3.63, 3.8) is 0 Å². The summed E-state index contributed by atoms with van der Waals surface area (Å²) in [5, 5.41) is 4.27.